The first-order chi connectivity index (χ1) is 10.1. The number of ether oxygens (including phenoxy) is 2. The molecule has 2 aliphatic heterocycles. The number of hydrogen-bond donors (Lipinski definition) is 1. The quantitative estimate of drug-likeness (QED) is 0.898. The van der Waals surface area contributed by atoms with Gasteiger partial charge in [0.05, 0.1) is 5.69 Å². The van der Waals surface area contributed by atoms with Gasteiger partial charge in [0.1, 0.15) is 0 Å². The molecule has 1 aromatic carbocycles. The van der Waals surface area contributed by atoms with Gasteiger partial charge in [0.2, 0.25) is 18.6 Å². The fourth-order valence-electron chi connectivity index (χ4n) is 2.72. The third kappa shape index (κ3) is 2.79. The van der Waals surface area contributed by atoms with Crippen molar-refractivity contribution in [2.24, 2.45) is 5.92 Å². The zero-order valence-corrected chi connectivity index (χ0v) is 11.9. The predicted octanol–water partition coefficient (Wildman–Crippen LogP) is 1.61. The van der Waals surface area contributed by atoms with Gasteiger partial charge < -0.3 is 19.7 Å². The fourth-order valence-corrected chi connectivity index (χ4v) is 2.72. The molecule has 1 aromatic rings. The molecule has 0 saturated carbocycles. The lowest BCUT2D eigenvalue weighted by Crippen LogP contribution is -2.40. The van der Waals surface area contributed by atoms with E-state index in [9.17, 15) is 9.59 Å². The van der Waals surface area contributed by atoms with E-state index in [0.717, 1.165) is 0 Å². The van der Waals surface area contributed by atoms with Gasteiger partial charge in [0, 0.05) is 25.9 Å². The van der Waals surface area contributed by atoms with Gasteiger partial charge in [-0.3, -0.25) is 9.59 Å². The molecule has 0 radical (unpaired) electrons. The highest BCUT2D eigenvalue weighted by Crippen LogP contribution is 2.39. The first kappa shape index (κ1) is 13.7. The van der Waals surface area contributed by atoms with Crippen LogP contribution in [-0.4, -0.2) is 36.6 Å². The summed E-state index contributed by atoms with van der Waals surface area (Å²) in [4.78, 5) is 25.4. The van der Waals surface area contributed by atoms with E-state index in [1.54, 1.807) is 17.9 Å². The molecule has 1 saturated heterocycles. The molecule has 6 heteroatoms. The zero-order valence-electron chi connectivity index (χ0n) is 11.9. The van der Waals surface area contributed by atoms with Crippen molar-refractivity contribution in [1.82, 2.24) is 4.90 Å². The van der Waals surface area contributed by atoms with Crippen molar-refractivity contribution >= 4 is 17.5 Å². The van der Waals surface area contributed by atoms with Gasteiger partial charge in [0.15, 0.2) is 11.5 Å². The molecule has 0 aliphatic carbocycles. The Labute approximate surface area is 123 Å². The summed E-state index contributed by atoms with van der Waals surface area (Å²) in [5.74, 6) is 1.22. The van der Waals surface area contributed by atoms with E-state index in [2.05, 4.69) is 5.32 Å². The summed E-state index contributed by atoms with van der Waals surface area (Å²) in [6, 6.07) is 5.43. The van der Waals surface area contributed by atoms with Gasteiger partial charge >= 0.3 is 0 Å². The van der Waals surface area contributed by atoms with Crippen LogP contribution in [0.15, 0.2) is 18.2 Å². The Morgan fingerprint density at radius 3 is 2.71 bits per heavy atom. The van der Waals surface area contributed by atoms with Crippen LogP contribution in [0.4, 0.5) is 5.69 Å². The van der Waals surface area contributed by atoms with E-state index in [0.29, 0.717) is 43.1 Å². The second-order valence-electron chi connectivity index (χ2n) is 5.31. The van der Waals surface area contributed by atoms with Gasteiger partial charge in [-0.15, -0.1) is 0 Å². The minimum Gasteiger partial charge on any atom is -0.454 e. The van der Waals surface area contributed by atoms with Gasteiger partial charge in [-0.1, -0.05) is 6.07 Å². The van der Waals surface area contributed by atoms with Crippen molar-refractivity contribution < 1.29 is 19.1 Å². The number of piperidine rings is 1. The Morgan fingerprint density at radius 1 is 1.24 bits per heavy atom. The number of amides is 2. The van der Waals surface area contributed by atoms with Crippen molar-refractivity contribution in [2.75, 3.05) is 25.2 Å². The molecular weight excluding hydrogens is 272 g/mol. The molecule has 2 amide bonds. The van der Waals surface area contributed by atoms with Crippen LogP contribution >= 0.6 is 0 Å². The molecule has 2 aliphatic rings. The highest BCUT2D eigenvalue weighted by molar-refractivity contribution is 5.94. The van der Waals surface area contributed by atoms with Crippen LogP contribution in [0.1, 0.15) is 19.8 Å². The van der Waals surface area contributed by atoms with Crippen molar-refractivity contribution in [3.8, 4) is 11.5 Å². The number of carbonyl (C=O) groups excluding carboxylic acids is 2. The number of nitrogens with one attached hydrogen (secondary N) is 1. The third-order valence-corrected chi connectivity index (χ3v) is 3.97. The van der Waals surface area contributed by atoms with Crippen molar-refractivity contribution in [1.29, 1.82) is 0 Å². The Kier molecular flexibility index (Phi) is 3.68. The lowest BCUT2D eigenvalue weighted by atomic mass is 9.96. The van der Waals surface area contributed by atoms with Crippen molar-refractivity contribution in [2.45, 2.75) is 19.8 Å². The molecule has 112 valence electrons. The highest BCUT2D eigenvalue weighted by atomic mass is 16.7. The minimum atomic E-state index is -0.0706. The van der Waals surface area contributed by atoms with Crippen LogP contribution in [0.5, 0.6) is 11.5 Å². The maximum Gasteiger partial charge on any atom is 0.231 e. The number of benzene rings is 1. The summed E-state index contributed by atoms with van der Waals surface area (Å²) in [5.41, 5.74) is 0.643. The standard InChI is InChI=1S/C15H18N2O4/c1-10(18)17-7-5-11(6-8-17)15(19)16-12-3-2-4-13-14(12)21-9-20-13/h2-4,11H,5-9H2,1H3,(H,16,19). The van der Waals surface area contributed by atoms with Crippen LogP contribution in [0.2, 0.25) is 0 Å². The number of fused-ring (bicyclic) bond motifs is 1. The second kappa shape index (κ2) is 5.63. The summed E-state index contributed by atoms with van der Waals surface area (Å²) in [6.07, 6.45) is 1.38. The Hall–Kier alpha value is -2.24. The normalized spacial score (nSPS) is 17.7. The highest BCUT2D eigenvalue weighted by Gasteiger charge is 2.27. The molecule has 3 rings (SSSR count). The molecule has 1 N–H and O–H groups in total. The molecular formula is C15H18N2O4. The van der Waals surface area contributed by atoms with Gasteiger partial charge in [0.25, 0.3) is 0 Å². The van der Waals surface area contributed by atoms with Crippen LogP contribution in [-0.2, 0) is 9.59 Å². The summed E-state index contributed by atoms with van der Waals surface area (Å²) in [7, 11) is 0. The number of anilines is 1. The predicted molar refractivity (Wildman–Crippen MR) is 76.2 cm³/mol. The third-order valence-electron chi connectivity index (χ3n) is 3.97. The van der Waals surface area contributed by atoms with E-state index in [1.165, 1.54) is 0 Å². The smallest absolute Gasteiger partial charge is 0.231 e. The monoisotopic (exact) mass is 290 g/mol. The van der Waals surface area contributed by atoms with E-state index in [1.807, 2.05) is 12.1 Å². The first-order valence-electron chi connectivity index (χ1n) is 7.10. The van der Waals surface area contributed by atoms with E-state index in [4.69, 9.17) is 9.47 Å². The molecule has 0 spiro atoms. The number of likely N-dealkylation sites (tertiary alicyclic amines) is 1. The minimum absolute atomic E-state index is 0.0258. The number of carbonyl (C=O) groups is 2. The average Bonchev–Trinajstić information content (AvgIpc) is 2.97. The molecule has 1 fully saturated rings. The zero-order chi connectivity index (χ0) is 14.8. The first-order valence-corrected chi connectivity index (χ1v) is 7.10. The van der Waals surface area contributed by atoms with Crippen LogP contribution in [0.25, 0.3) is 0 Å². The van der Waals surface area contributed by atoms with Crippen molar-refractivity contribution in [3.05, 3.63) is 18.2 Å². The summed E-state index contributed by atoms with van der Waals surface area (Å²) in [5, 5.41) is 2.91. The fraction of sp³-hybridized carbons (Fsp3) is 0.467. The summed E-state index contributed by atoms with van der Waals surface area (Å²) < 4.78 is 10.7. The van der Waals surface area contributed by atoms with Crippen LogP contribution in [0, 0.1) is 5.92 Å². The number of hydrogen-bond acceptors (Lipinski definition) is 4. The van der Waals surface area contributed by atoms with Gasteiger partial charge in [-0.05, 0) is 25.0 Å². The Morgan fingerprint density at radius 2 is 2.00 bits per heavy atom. The van der Waals surface area contributed by atoms with Crippen LogP contribution in [0.3, 0.4) is 0 Å². The van der Waals surface area contributed by atoms with E-state index >= 15 is 0 Å². The number of para-hydroxylation sites is 1. The van der Waals surface area contributed by atoms with Crippen LogP contribution < -0.4 is 14.8 Å². The topological polar surface area (TPSA) is 67.9 Å². The molecule has 6 nitrogen and oxygen atoms in total. The number of rotatable bonds is 2. The largest absolute Gasteiger partial charge is 0.454 e. The molecule has 21 heavy (non-hydrogen) atoms. The van der Waals surface area contributed by atoms with E-state index < -0.39 is 0 Å². The molecule has 2 heterocycles. The van der Waals surface area contributed by atoms with Gasteiger partial charge in [-0.2, -0.15) is 0 Å². The molecule has 0 aromatic heterocycles. The van der Waals surface area contributed by atoms with Crippen molar-refractivity contribution in [3.63, 3.8) is 0 Å². The average molecular weight is 290 g/mol. The summed E-state index contributed by atoms with van der Waals surface area (Å²) in [6.45, 7) is 3.02. The number of nitrogens with zero attached hydrogens (tertiary/aromatic N) is 1. The lowest BCUT2D eigenvalue weighted by molar-refractivity contribution is -0.132. The maximum absolute atomic E-state index is 12.3. The maximum atomic E-state index is 12.3. The molecule has 0 atom stereocenters. The Bertz CT molecular complexity index is 565. The SMILES string of the molecule is CC(=O)N1CCC(C(=O)Nc2cccc3c2OCO3)CC1. The summed E-state index contributed by atoms with van der Waals surface area (Å²) >= 11 is 0. The second-order valence-corrected chi connectivity index (χ2v) is 5.31. The van der Waals surface area contributed by atoms with E-state index in [-0.39, 0.29) is 24.5 Å². The van der Waals surface area contributed by atoms with Gasteiger partial charge in [-0.25, -0.2) is 0 Å². The lowest BCUT2D eigenvalue weighted by Gasteiger charge is -2.30. The molecule has 0 unspecified atom stereocenters. The molecule has 0 bridgehead atoms. The Balaban J connectivity index is 1.63.